The first-order chi connectivity index (χ1) is 31.1. The van der Waals surface area contributed by atoms with Crippen molar-refractivity contribution in [2.75, 3.05) is 53.5 Å². The maximum Gasteiger partial charge on any atom is 0.457 e. The number of carbonyl (C=O) groups excluding carboxylic acids is 2. The van der Waals surface area contributed by atoms with Gasteiger partial charge in [-0.05, 0) is 83.9 Å². The fraction of sp³-hybridized carbons (Fsp3) is 0.208. The van der Waals surface area contributed by atoms with Gasteiger partial charge in [0.25, 0.3) is 0 Å². The highest BCUT2D eigenvalue weighted by molar-refractivity contribution is 7.55. The third-order valence-electron chi connectivity index (χ3n) is 10.2. The third kappa shape index (κ3) is 12.3. The number of piperazine rings is 1. The average molecular weight is 905 g/mol. The van der Waals surface area contributed by atoms with Gasteiger partial charge in [0.05, 0.1) is 27.3 Å². The minimum absolute atomic E-state index is 0.0280. The Balaban J connectivity index is 1.04. The Morgan fingerprint density at radius 1 is 0.438 bits per heavy atom. The normalized spacial score (nSPS) is 14.3. The Kier molecular flexibility index (Phi) is 15.4. The van der Waals surface area contributed by atoms with E-state index in [2.05, 4.69) is 10.6 Å². The molecule has 7 rings (SSSR count). The predicted octanol–water partition coefficient (Wildman–Crippen LogP) is 8.95. The van der Waals surface area contributed by atoms with Crippen LogP contribution in [0.25, 0.3) is 0 Å². The van der Waals surface area contributed by atoms with Gasteiger partial charge in [0, 0.05) is 26.2 Å². The summed E-state index contributed by atoms with van der Waals surface area (Å²) >= 11 is 0. The molecular formula is C48H50N4O10P2. The summed E-state index contributed by atoms with van der Waals surface area (Å²) in [6.07, 6.45) is 0. The monoisotopic (exact) mass is 904 g/mol. The van der Waals surface area contributed by atoms with Crippen molar-refractivity contribution >= 4 is 27.0 Å². The predicted molar refractivity (Wildman–Crippen MR) is 244 cm³/mol. The standard InChI is InChI=1S/C48H50N4O10P2/c1-57-39-27-23-37(24-28-39)47(63(55,59-41-15-7-3-8-16-41)60-42-17-9-4-10-18-42)49-45(53)35-51-31-33-52(34-32-51)36-46(54)50-48(38-25-29-40(58-2)30-26-38)64(56,61-43-19-11-5-12-20-43)62-44-21-13-6-14-22-44/h3-30,47-48H,31-36H2,1-2H3,(H,49,53)(H,50,54). The smallest absolute Gasteiger partial charge is 0.457 e. The number of amides is 2. The van der Waals surface area contributed by atoms with Gasteiger partial charge in [-0.25, -0.2) is 9.13 Å². The summed E-state index contributed by atoms with van der Waals surface area (Å²) in [5.41, 5.74) is 0.974. The minimum atomic E-state index is -4.23. The van der Waals surface area contributed by atoms with Crippen molar-refractivity contribution < 1.29 is 46.3 Å². The van der Waals surface area contributed by atoms with Crippen molar-refractivity contribution in [3.8, 4) is 34.5 Å². The topological polar surface area (TPSA) is 154 Å². The first-order valence-corrected chi connectivity index (χ1v) is 23.8. The van der Waals surface area contributed by atoms with Gasteiger partial charge in [-0.15, -0.1) is 0 Å². The molecule has 14 nitrogen and oxygen atoms in total. The summed E-state index contributed by atoms with van der Waals surface area (Å²) in [7, 11) is -5.37. The Hall–Kier alpha value is -6.56. The number of carbonyl (C=O) groups is 2. The number of hydrogen-bond acceptors (Lipinski definition) is 12. The number of benzene rings is 6. The van der Waals surface area contributed by atoms with Crippen molar-refractivity contribution in [2.45, 2.75) is 11.6 Å². The van der Waals surface area contributed by atoms with Gasteiger partial charge in [0.15, 0.2) is 11.6 Å². The lowest BCUT2D eigenvalue weighted by molar-refractivity contribution is -0.125. The molecule has 64 heavy (non-hydrogen) atoms. The highest BCUT2D eigenvalue weighted by Crippen LogP contribution is 2.60. The van der Waals surface area contributed by atoms with E-state index in [0.29, 0.717) is 71.8 Å². The molecule has 332 valence electrons. The minimum Gasteiger partial charge on any atom is -0.497 e. The number of nitrogens with zero attached hydrogens (tertiary/aromatic N) is 2. The lowest BCUT2D eigenvalue weighted by Gasteiger charge is -2.35. The van der Waals surface area contributed by atoms with E-state index in [1.807, 2.05) is 34.1 Å². The summed E-state index contributed by atoms with van der Waals surface area (Å²) in [5.74, 6) is -0.846. The molecule has 6 aromatic rings. The molecule has 1 fully saturated rings. The van der Waals surface area contributed by atoms with E-state index in [1.54, 1.807) is 160 Å². The first-order valence-electron chi connectivity index (χ1n) is 20.6. The molecule has 2 unspecified atom stereocenters. The number of ether oxygens (including phenoxy) is 2. The molecular weight excluding hydrogens is 854 g/mol. The molecule has 0 spiro atoms. The van der Waals surface area contributed by atoms with Gasteiger partial charge in [-0.3, -0.25) is 19.4 Å². The van der Waals surface area contributed by atoms with Crippen LogP contribution in [0.15, 0.2) is 170 Å². The van der Waals surface area contributed by atoms with Gasteiger partial charge in [0.2, 0.25) is 11.8 Å². The van der Waals surface area contributed by atoms with Crippen LogP contribution in [-0.2, 0) is 18.7 Å². The average Bonchev–Trinajstić information content (AvgIpc) is 3.32. The number of rotatable bonds is 20. The van der Waals surface area contributed by atoms with Crippen LogP contribution in [-0.4, -0.2) is 75.1 Å². The van der Waals surface area contributed by atoms with E-state index in [-0.39, 0.29) is 13.1 Å². The molecule has 1 aliphatic heterocycles. The Morgan fingerprint density at radius 3 is 0.953 bits per heavy atom. The first kappa shape index (κ1) is 45.5. The second-order valence-electron chi connectivity index (χ2n) is 14.7. The molecule has 16 heteroatoms. The van der Waals surface area contributed by atoms with Gasteiger partial charge >= 0.3 is 15.2 Å². The maximum atomic E-state index is 15.0. The van der Waals surface area contributed by atoms with Crippen LogP contribution in [0.1, 0.15) is 22.7 Å². The molecule has 0 aromatic heterocycles. The fourth-order valence-electron chi connectivity index (χ4n) is 6.93. The fourth-order valence-corrected chi connectivity index (χ4v) is 10.8. The van der Waals surface area contributed by atoms with Crippen LogP contribution >= 0.6 is 15.2 Å². The van der Waals surface area contributed by atoms with Crippen molar-refractivity contribution in [1.29, 1.82) is 0 Å². The van der Waals surface area contributed by atoms with Crippen LogP contribution in [0, 0.1) is 0 Å². The zero-order valence-electron chi connectivity index (χ0n) is 35.4. The second-order valence-corrected chi connectivity index (χ2v) is 18.7. The molecule has 1 saturated heterocycles. The van der Waals surface area contributed by atoms with Gasteiger partial charge in [-0.1, -0.05) is 97.1 Å². The van der Waals surface area contributed by atoms with Crippen LogP contribution in [0.3, 0.4) is 0 Å². The molecule has 0 radical (unpaired) electrons. The molecule has 0 aliphatic carbocycles. The largest absolute Gasteiger partial charge is 0.497 e. The van der Waals surface area contributed by atoms with Gasteiger partial charge in [-0.2, -0.15) is 0 Å². The number of hydrogen-bond donors (Lipinski definition) is 2. The lowest BCUT2D eigenvalue weighted by Crippen LogP contribution is -2.52. The number of methoxy groups -OCH3 is 2. The Bertz CT molecular complexity index is 2230. The highest BCUT2D eigenvalue weighted by Gasteiger charge is 2.44. The van der Waals surface area contributed by atoms with Crippen molar-refractivity contribution in [1.82, 2.24) is 20.4 Å². The molecule has 0 saturated carbocycles. The van der Waals surface area contributed by atoms with Crippen LogP contribution in [0.2, 0.25) is 0 Å². The summed E-state index contributed by atoms with van der Waals surface area (Å²) in [6.45, 7) is 1.73. The Morgan fingerprint density at radius 2 is 0.703 bits per heavy atom. The molecule has 0 bridgehead atoms. The van der Waals surface area contributed by atoms with E-state index in [1.165, 1.54) is 0 Å². The quantitative estimate of drug-likeness (QED) is 0.0703. The van der Waals surface area contributed by atoms with Crippen molar-refractivity contribution in [2.24, 2.45) is 0 Å². The number of para-hydroxylation sites is 4. The molecule has 1 heterocycles. The highest BCUT2D eigenvalue weighted by atomic mass is 31.2. The Labute approximate surface area is 373 Å². The third-order valence-corrected chi connectivity index (χ3v) is 14.2. The summed E-state index contributed by atoms with van der Waals surface area (Å²) in [4.78, 5) is 31.8. The molecule has 1 aliphatic rings. The maximum absolute atomic E-state index is 15.0. The molecule has 2 amide bonds. The van der Waals surface area contributed by atoms with E-state index in [0.717, 1.165) is 0 Å². The summed E-state index contributed by atoms with van der Waals surface area (Å²) in [5, 5.41) is 5.93. The lowest BCUT2D eigenvalue weighted by atomic mass is 10.2. The zero-order valence-corrected chi connectivity index (χ0v) is 37.2. The summed E-state index contributed by atoms with van der Waals surface area (Å²) in [6, 6.07) is 48.3. The van der Waals surface area contributed by atoms with E-state index >= 15 is 9.13 Å². The number of nitrogens with one attached hydrogen (secondary N) is 2. The SMILES string of the molecule is COc1ccc(C(NC(=O)CN2CCN(CC(=O)NC(c3ccc(OC)cc3)P(=O)(Oc3ccccc3)Oc3ccccc3)CC2)P(=O)(Oc2ccccc2)Oc2ccccc2)cc1. The van der Waals surface area contributed by atoms with Gasteiger partial charge in [0.1, 0.15) is 34.5 Å². The van der Waals surface area contributed by atoms with Crippen LogP contribution in [0.4, 0.5) is 0 Å². The van der Waals surface area contributed by atoms with Gasteiger partial charge < -0.3 is 38.2 Å². The van der Waals surface area contributed by atoms with Crippen molar-refractivity contribution in [3.05, 3.63) is 181 Å². The molecule has 2 N–H and O–H groups in total. The van der Waals surface area contributed by atoms with Crippen molar-refractivity contribution in [3.63, 3.8) is 0 Å². The summed E-state index contributed by atoms with van der Waals surface area (Å²) < 4.78 is 65.4. The molecule has 2 atom stereocenters. The van der Waals surface area contributed by atoms with E-state index in [9.17, 15) is 9.59 Å². The van der Waals surface area contributed by atoms with E-state index < -0.39 is 38.6 Å². The van der Waals surface area contributed by atoms with E-state index in [4.69, 9.17) is 27.6 Å². The van der Waals surface area contributed by atoms with Crippen LogP contribution in [0.5, 0.6) is 34.5 Å². The second kappa shape index (κ2) is 21.7. The van der Waals surface area contributed by atoms with Crippen LogP contribution < -0.4 is 38.2 Å². The molecule has 6 aromatic carbocycles. The zero-order chi connectivity index (χ0) is 44.8.